The number of nitrogens with one attached hydrogen (secondary N) is 1. The third-order valence-electron chi connectivity index (χ3n) is 2.82. The molecule has 0 saturated heterocycles. The second kappa shape index (κ2) is 9.66. The van der Waals surface area contributed by atoms with Crippen molar-refractivity contribution in [2.75, 3.05) is 25.5 Å². The van der Waals surface area contributed by atoms with Gasteiger partial charge in [0.05, 0.1) is 0 Å². The zero-order valence-electron chi connectivity index (χ0n) is 11.8. The molecule has 0 fully saturated rings. The number of amides is 1. The van der Waals surface area contributed by atoms with Crippen LogP contribution >= 0.6 is 0 Å². The maximum atomic E-state index is 12.9. The minimum atomic E-state index is -0.960. The van der Waals surface area contributed by atoms with Crippen molar-refractivity contribution < 1.29 is 26.0 Å². The highest BCUT2D eigenvalue weighted by Gasteiger charge is 2.07. The van der Waals surface area contributed by atoms with Gasteiger partial charge in [0.15, 0.2) is 11.6 Å². The Bertz CT molecular complexity index is 430. The molecule has 0 radical (unpaired) electrons. The Kier molecular flexibility index (Phi) is 9.08. The SMILES string of the molecule is CCCCN(C)CCC(=O)Nc1ccc(F)c(F)c1.[Cl-]. The van der Waals surface area contributed by atoms with Crippen molar-refractivity contribution in [3.8, 4) is 0 Å². The lowest BCUT2D eigenvalue weighted by Crippen LogP contribution is -3.00. The molecule has 0 aliphatic heterocycles. The molecule has 0 atom stereocenters. The summed E-state index contributed by atoms with van der Waals surface area (Å²) in [4.78, 5) is 13.7. The smallest absolute Gasteiger partial charge is 0.225 e. The quantitative estimate of drug-likeness (QED) is 0.771. The molecule has 3 nitrogen and oxygen atoms in total. The number of anilines is 1. The number of carbonyl (C=O) groups is 1. The predicted octanol–water partition coefficient (Wildman–Crippen LogP) is 0.0293. The molecule has 1 rings (SSSR count). The van der Waals surface area contributed by atoms with E-state index < -0.39 is 11.6 Å². The van der Waals surface area contributed by atoms with Crippen LogP contribution in [-0.2, 0) is 4.79 Å². The first-order valence-electron chi connectivity index (χ1n) is 6.46. The van der Waals surface area contributed by atoms with Crippen LogP contribution in [0, 0.1) is 11.6 Å². The first-order chi connectivity index (χ1) is 9.02. The highest BCUT2D eigenvalue weighted by Crippen LogP contribution is 2.13. The van der Waals surface area contributed by atoms with Gasteiger partial charge in [-0.3, -0.25) is 4.79 Å². The van der Waals surface area contributed by atoms with E-state index >= 15 is 0 Å². The molecule has 1 aromatic rings. The number of carbonyl (C=O) groups excluding carboxylic acids is 1. The fourth-order valence-corrected chi connectivity index (χ4v) is 1.63. The normalized spacial score (nSPS) is 10.2. The Balaban J connectivity index is 0.00000361. The van der Waals surface area contributed by atoms with Gasteiger partial charge in [0.2, 0.25) is 5.91 Å². The second-order valence-corrected chi connectivity index (χ2v) is 4.58. The fraction of sp³-hybridized carbons (Fsp3) is 0.500. The van der Waals surface area contributed by atoms with Gasteiger partial charge in [-0.2, -0.15) is 0 Å². The number of halogens is 3. The molecule has 0 aliphatic rings. The number of unbranched alkanes of at least 4 members (excludes halogenated alkanes) is 1. The average molecular weight is 306 g/mol. The molecule has 0 saturated carbocycles. The summed E-state index contributed by atoms with van der Waals surface area (Å²) >= 11 is 0. The molecular formula is C14H20ClF2N2O-. The van der Waals surface area contributed by atoms with E-state index in [9.17, 15) is 13.6 Å². The monoisotopic (exact) mass is 305 g/mol. The average Bonchev–Trinajstić information content (AvgIpc) is 2.38. The van der Waals surface area contributed by atoms with Gasteiger partial charge in [0.25, 0.3) is 0 Å². The van der Waals surface area contributed by atoms with Gasteiger partial charge < -0.3 is 22.6 Å². The minimum absolute atomic E-state index is 0. The number of hydrogen-bond acceptors (Lipinski definition) is 2. The lowest BCUT2D eigenvalue weighted by atomic mass is 10.2. The van der Waals surface area contributed by atoms with Gasteiger partial charge >= 0.3 is 0 Å². The lowest BCUT2D eigenvalue weighted by molar-refractivity contribution is -0.116. The van der Waals surface area contributed by atoms with Crippen LogP contribution in [0.1, 0.15) is 26.2 Å². The lowest BCUT2D eigenvalue weighted by Gasteiger charge is -2.15. The van der Waals surface area contributed by atoms with Crippen molar-refractivity contribution in [2.24, 2.45) is 0 Å². The summed E-state index contributed by atoms with van der Waals surface area (Å²) in [6, 6.07) is 3.32. The molecule has 20 heavy (non-hydrogen) atoms. The predicted molar refractivity (Wildman–Crippen MR) is 72.0 cm³/mol. The number of nitrogens with zero attached hydrogens (tertiary/aromatic N) is 1. The van der Waals surface area contributed by atoms with Crippen LogP contribution in [0.25, 0.3) is 0 Å². The third-order valence-corrected chi connectivity index (χ3v) is 2.82. The van der Waals surface area contributed by atoms with Crippen LogP contribution in [-0.4, -0.2) is 30.9 Å². The molecule has 114 valence electrons. The molecular weight excluding hydrogens is 286 g/mol. The van der Waals surface area contributed by atoms with Gasteiger partial charge in [-0.05, 0) is 32.1 Å². The van der Waals surface area contributed by atoms with E-state index in [1.807, 2.05) is 7.05 Å². The Hall–Kier alpha value is -1.20. The van der Waals surface area contributed by atoms with E-state index in [0.29, 0.717) is 13.0 Å². The largest absolute Gasteiger partial charge is 1.00 e. The Labute approximate surface area is 124 Å². The molecule has 6 heteroatoms. The van der Waals surface area contributed by atoms with Crippen LogP contribution in [0.15, 0.2) is 18.2 Å². The van der Waals surface area contributed by atoms with Gasteiger partial charge in [0.1, 0.15) is 0 Å². The molecule has 1 amide bonds. The second-order valence-electron chi connectivity index (χ2n) is 4.58. The van der Waals surface area contributed by atoms with Crippen LogP contribution in [0.2, 0.25) is 0 Å². The summed E-state index contributed by atoms with van der Waals surface area (Å²) in [6.45, 7) is 3.72. The molecule has 0 aromatic heterocycles. The maximum absolute atomic E-state index is 12.9. The van der Waals surface area contributed by atoms with Gasteiger partial charge in [0, 0.05) is 24.7 Å². The highest BCUT2D eigenvalue weighted by atomic mass is 35.5. The number of hydrogen-bond donors (Lipinski definition) is 1. The summed E-state index contributed by atoms with van der Waals surface area (Å²) in [7, 11) is 1.96. The zero-order valence-corrected chi connectivity index (χ0v) is 12.5. The van der Waals surface area contributed by atoms with Crippen molar-refractivity contribution in [3.05, 3.63) is 29.8 Å². The Morgan fingerprint density at radius 2 is 1.95 bits per heavy atom. The molecule has 0 aliphatic carbocycles. The van der Waals surface area contributed by atoms with Crippen LogP contribution in [0.3, 0.4) is 0 Å². The van der Waals surface area contributed by atoms with Crippen LogP contribution in [0.5, 0.6) is 0 Å². The maximum Gasteiger partial charge on any atom is 0.225 e. The van der Waals surface area contributed by atoms with Gasteiger partial charge in [-0.15, -0.1) is 0 Å². The molecule has 0 bridgehead atoms. The van der Waals surface area contributed by atoms with Gasteiger partial charge in [-0.25, -0.2) is 8.78 Å². The zero-order chi connectivity index (χ0) is 14.3. The van der Waals surface area contributed by atoms with E-state index in [1.54, 1.807) is 0 Å². The standard InChI is InChI=1S/C14H20F2N2O.ClH/c1-3-4-8-18(2)9-7-14(19)17-11-5-6-12(15)13(16)10-11;/h5-6,10H,3-4,7-9H2,1-2H3,(H,17,19);1H/p-1. The third kappa shape index (κ3) is 6.82. The van der Waals surface area contributed by atoms with Crippen LogP contribution in [0.4, 0.5) is 14.5 Å². The molecule has 1 aromatic carbocycles. The first-order valence-corrected chi connectivity index (χ1v) is 6.46. The summed E-state index contributed by atoms with van der Waals surface area (Å²) in [5, 5.41) is 2.55. The van der Waals surface area contributed by atoms with Crippen molar-refractivity contribution >= 4 is 11.6 Å². The topological polar surface area (TPSA) is 32.3 Å². The van der Waals surface area contributed by atoms with Crippen LogP contribution < -0.4 is 17.7 Å². The fourth-order valence-electron chi connectivity index (χ4n) is 1.63. The minimum Gasteiger partial charge on any atom is -1.00 e. The summed E-state index contributed by atoms with van der Waals surface area (Å²) in [6.07, 6.45) is 2.55. The van der Waals surface area contributed by atoms with E-state index in [1.165, 1.54) is 6.07 Å². The van der Waals surface area contributed by atoms with E-state index in [2.05, 4.69) is 17.1 Å². The summed E-state index contributed by atoms with van der Waals surface area (Å²) in [5.41, 5.74) is 0.278. The molecule has 0 heterocycles. The molecule has 0 spiro atoms. The van der Waals surface area contributed by atoms with Crippen molar-refractivity contribution in [1.82, 2.24) is 4.90 Å². The summed E-state index contributed by atoms with van der Waals surface area (Å²) in [5.74, 6) is -2.08. The van der Waals surface area contributed by atoms with Gasteiger partial charge in [-0.1, -0.05) is 13.3 Å². The van der Waals surface area contributed by atoms with E-state index in [-0.39, 0.29) is 24.0 Å². The first kappa shape index (κ1) is 18.8. The van der Waals surface area contributed by atoms with E-state index in [0.717, 1.165) is 31.5 Å². The number of rotatable bonds is 7. The van der Waals surface area contributed by atoms with E-state index in [4.69, 9.17) is 0 Å². The summed E-state index contributed by atoms with van der Waals surface area (Å²) < 4.78 is 25.7. The van der Waals surface area contributed by atoms with Crippen molar-refractivity contribution in [2.45, 2.75) is 26.2 Å². The Morgan fingerprint density at radius 3 is 2.55 bits per heavy atom. The van der Waals surface area contributed by atoms with Crippen molar-refractivity contribution in [1.29, 1.82) is 0 Å². The molecule has 1 N–H and O–H groups in total. The molecule has 0 unspecified atom stereocenters. The van der Waals surface area contributed by atoms with Crippen molar-refractivity contribution in [3.63, 3.8) is 0 Å². The number of benzene rings is 1. The highest BCUT2D eigenvalue weighted by molar-refractivity contribution is 5.90. The Morgan fingerprint density at radius 1 is 1.25 bits per heavy atom.